The highest BCUT2D eigenvalue weighted by Crippen LogP contribution is 2.26. The maximum absolute atomic E-state index is 13.8. The predicted octanol–water partition coefficient (Wildman–Crippen LogP) is 5.49. The van der Waals surface area contributed by atoms with Gasteiger partial charge in [0.25, 0.3) is 0 Å². The van der Waals surface area contributed by atoms with Crippen molar-refractivity contribution in [2.24, 2.45) is 0 Å². The largest absolute Gasteiger partial charge is 0.494 e. The van der Waals surface area contributed by atoms with Crippen LogP contribution >= 0.6 is 0 Å². The van der Waals surface area contributed by atoms with Crippen LogP contribution in [0.4, 0.5) is 5.69 Å². The second kappa shape index (κ2) is 13.9. The van der Waals surface area contributed by atoms with Crippen LogP contribution in [0, 0.1) is 0 Å². The number of ether oxygens (including phenoxy) is 1. The van der Waals surface area contributed by atoms with Gasteiger partial charge in [-0.3, -0.25) is 9.69 Å². The van der Waals surface area contributed by atoms with Crippen molar-refractivity contribution in [1.29, 1.82) is 0 Å². The van der Waals surface area contributed by atoms with Crippen LogP contribution in [0.2, 0.25) is 0 Å². The summed E-state index contributed by atoms with van der Waals surface area (Å²) in [4.78, 5) is 17.1. The molecule has 3 aromatic rings. The van der Waals surface area contributed by atoms with Crippen LogP contribution in [0.1, 0.15) is 50.3 Å². The van der Waals surface area contributed by atoms with E-state index in [9.17, 15) is 13.2 Å². The quantitative estimate of drug-likeness (QED) is 0.363. The smallest absolute Gasteiger partial charge is 0.243 e. The highest BCUT2D eigenvalue weighted by molar-refractivity contribution is 7.89. The number of rotatable bonds is 8. The molecule has 1 amide bonds. The summed E-state index contributed by atoms with van der Waals surface area (Å²) in [5.74, 6) is 0.777. The summed E-state index contributed by atoms with van der Waals surface area (Å²) in [6, 6.07) is 23.3. The number of fused-ring (bicyclic) bond motifs is 1. The number of anilines is 1. The van der Waals surface area contributed by atoms with Crippen LogP contribution in [0.15, 0.2) is 77.7 Å². The van der Waals surface area contributed by atoms with Crippen molar-refractivity contribution < 1.29 is 17.9 Å². The molecule has 0 atom stereocenters. The first-order chi connectivity index (χ1) is 19.3. The minimum absolute atomic E-state index is 0.0503. The maximum atomic E-state index is 13.8. The number of hydrogen-bond acceptors (Lipinski definition) is 5. The van der Waals surface area contributed by atoms with Crippen molar-refractivity contribution in [3.05, 3.63) is 89.5 Å². The summed E-state index contributed by atoms with van der Waals surface area (Å²) in [7, 11) is -3.70. The van der Waals surface area contributed by atoms with Gasteiger partial charge in [-0.1, -0.05) is 55.8 Å². The zero-order valence-electron chi connectivity index (χ0n) is 23.9. The zero-order valence-corrected chi connectivity index (χ0v) is 24.7. The zero-order chi connectivity index (χ0) is 28.5. The van der Waals surface area contributed by atoms with Gasteiger partial charge in [-0.05, 0) is 66.8 Å². The fourth-order valence-electron chi connectivity index (χ4n) is 5.20. The van der Waals surface area contributed by atoms with Gasteiger partial charge in [0.15, 0.2) is 0 Å². The molecule has 7 nitrogen and oxygen atoms in total. The van der Waals surface area contributed by atoms with Gasteiger partial charge >= 0.3 is 0 Å². The van der Waals surface area contributed by atoms with E-state index >= 15 is 0 Å². The number of carbonyl (C=O) groups excluding carboxylic acids is 1. The summed E-state index contributed by atoms with van der Waals surface area (Å²) >= 11 is 0. The normalized spacial score (nSPS) is 15.7. The molecule has 0 unspecified atom stereocenters. The Bertz CT molecular complexity index is 1360. The monoisotopic (exact) mass is 563 g/mol. The molecule has 1 heterocycles. The van der Waals surface area contributed by atoms with Crippen molar-refractivity contribution in [1.82, 2.24) is 9.21 Å². The lowest BCUT2D eigenvalue weighted by molar-refractivity contribution is -0.116. The van der Waals surface area contributed by atoms with Crippen molar-refractivity contribution in [2.75, 3.05) is 37.7 Å². The molecular formula is C32H41N3O4S. The summed E-state index contributed by atoms with van der Waals surface area (Å²) in [5.41, 5.74) is 4.18. The molecule has 1 aliphatic rings. The third-order valence-corrected chi connectivity index (χ3v) is 9.16. The molecule has 1 aliphatic heterocycles. The number of carbonyl (C=O) groups is 1. The first kappa shape index (κ1) is 29.8. The lowest BCUT2D eigenvalue weighted by atomic mass is 10.1. The van der Waals surface area contributed by atoms with Crippen LogP contribution in [-0.4, -0.2) is 56.3 Å². The Balaban J connectivity index is 1.64. The Morgan fingerprint density at radius 1 is 0.850 bits per heavy atom. The van der Waals surface area contributed by atoms with Gasteiger partial charge in [-0.2, -0.15) is 4.31 Å². The highest BCUT2D eigenvalue weighted by Gasteiger charge is 2.27. The lowest BCUT2D eigenvalue weighted by Crippen LogP contribution is -2.39. The number of sulfonamides is 1. The maximum Gasteiger partial charge on any atom is 0.243 e. The summed E-state index contributed by atoms with van der Waals surface area (Å²) in [6.07, 6.45) is 2.48. The average Bonchev–Trinajstić information content (AvgIpc) is 2.97. The number of benzene rings is 3. The third-order valence-electron chi connectivity index (χ3n) is 7.25. The predicted molar refractivity (Wildman–Crippen MR) is 160 cm³/mol. The van der Waals surface area contributed by atoms with Crippen LogP contribution < -0.4 is 9.64 Å². The first-order valence-electron chi connectivity index (χ1n) is 14.2. The van der Waals surface area contributed by atoms with Crippen molar-refractivity contribution in [3.63, 3.8) is 0 Å². The number of hydrogen-bond donors (Lipinski definition) is 0. The Hall–Kier alpha value is -3.20. The minimum atomic E-state index is -3.70. The summed E-state index contributed by atoms with van der Waals surface area (Å²) in [6.45, 7) is 9.18. The molecule has 0 radical (unpaired) electrons. The van der Waals surface area contributed by atoms with Crippen molar-refractivity contribution in [2.45, 2.75) is 58.0 Å². The van der Waals surface area contributed by atoms with Crippen molar-refractivity contribution >= 4 is 21.6 Å². The molecular weight excluding hydrogens is 522 g/mol. The summed E-state index contributed by atoms with van der Waals surface area (Å²) < 4.78 is 34.8. The van der Waals surface area contributed by atoms with E-state index in [1.165, 1.54) is 0 Å². The molecule has 3 aromatic carbocycles. The molecule has 0 saturated heterocycles. The SMILES string of the molecule is CCCc1ccc(S(=O)(=O)N2CCCN(C(C)=O)c3ccccc3CN(Cc3ccc(OCC)cc3)CC2)cc1. The topological polar surface area (TPSA) is 70.2 Å². The molecule has 4 rings (SSSR count). The van der Waals surface area contributed by atoms with Gasteiger partial charge in [-0.25, -0.2) is 8.42 Å². The molecule has 0 fully saturated rings. The standard InChI is InChI=1S/C32H41N3O4S/c1-4-9-27-14-18-31(19-15-27)40(37,38)34-20-8-21-35(26(3)36)32-11-7-6-10-29(32)25-33(22-23-34)24-28-12-16-30(17-13-28)39-5-2/h6-7,10-19H,4-5,8-9,20-25H2,1-3H3. The Labute approximate surface area is 239 Å². The third kappa shape index (κ3) is 7.50. The van der Waals surface area contributed by atoms with Crippen LogP contribution in [0.5, 0.6) is 5.75 Å². The summed E-state index contributed by atoms with van der Waals surface area (Å²) in [5, 5.41) is 0. The van der Waals surface area contributed by atoms with E-state index in [2.05, 4.69) is 30.0 Å². The molecule has 0 bridgehead atoms. The Morgan fingerprint density at radius 2 is 1.55 bits per heavy atom. The van der Waals surface area contributed by atoms with E-state index < -0.39 is 10.0 Å². The van der Waals surface area contributed by atoms with Crippen LogP contribution in [0.25, 0.3) is 0 Å². The average molecular weight is 564 g/mol. The van der Waals surface area contributed by atoms with Gasteiger partial charge in [-0.15, -0.1) is 0 Å². The fraction of sp³-hybridized carbons (Fsp3) is 0.406. The number of amides is 1. The van der Waals surface area contributed by atoms with E-state index in [1.807, 2.05) is 49.4 Å². The molecule has 0 spiro atoms. The molecule has 8 heteroatoms. The van der Waals surface area contributed by atoms with Crippen LogP contribution in [0.3, 0.4) is 0 Å². The van der Waals surface area contributed by atoms with E-state index in [1.54, 1.807) is 28.3 Å². The first-order valence-corrected chi connectivity index (χ1v) is 15.6. The van der Waals surface area contributed by atoms with E-state index in [-0.39, 0.29) is 5.91 Å². The van der Waals surface area contributed by atoms with Gasteiger partial charge in [0.2, 0.25) is 15.9 Å². The molecule has 214 valence electrons. The van der Waals surface area contributed by atoms with Gasteiger partial charge < -0.3 is 9.64 Å². The second-order valence-corrected chi connectivity index (χ2v) is 12.2. The van der Waals surface area contributed by atoms with E-state index in [0.29, 0.717) is 57.2 Å². The Kier molecular flexibility index (Phi) is 10.4. The highest BCUT2D eigenvalue weighted by atomic mass is 32.2. The molecule has 0 aliphatic carbocycles. The second-order valence-electron chi connectivity index (χ2n) is 10.2. The Morgan fingerprint density at radius 3 is 2.23 bits per heavy atom. The molecule has 0 aromatic heterocycles. The van der Waals surface area contributed by atoms with Gasteiger partial charge in [0, 0.05) is 51.9 Å². The molecule has 40 heavy (non-hydrogen) atoms. The van der Waals surface area contributed by atoms with Gasteiger partial charge in [0.1, 0.15) is 5.75 Å². The van der Waals surface area contributed by atoms with E-state index in [4.69, 9.17) is 4.74 Å². The number of aryl methyl sites for hydroxylation is 1. The number of para-hydroxylation sites is 1. The van der Waals surface area contributed by atoms with Gasteiger partial charge in [0.05, 0.1) is 11.5 Å². The number of nitrogens with zero attached hydrogens (tertiary/aromatic N) is 3. The fourth-order valence-corrected chi connectivity index (χ4v) is 6.67. The minimum Gasteiger partial charge on any atom is -0.494 e. The lowest BCUT2D eigenvalue weighted by Gasteiger charge is -2.28. The molecule has 0 saturated carbocycles. The van der Waals surface area contributed by atoms with Crippen molar-refractivity contribution in [3.8, 4) is 5.75 Å². The van der Waals surface area contributed by atoms with E-state index in [0.717, 1.165) is 41.0 Å². The van der Waals surface area contributed by atoms with Crippen LogP contribution in [-0.2, 0) is 34.3 Å². The molecule has 0 N–H and O–H groups in total.